The molecule has 0 amide bonds. The van der Waals surface area contributed by atoms with E-state index in [1.807, 2.05) is 32.9 Å². The van der Waals surface area contributed by atoms with Gasteiger partial charge in [-0.1, -0.05) is 139 Å². The minimum absolute atomic E-state index is 0.0612. The predicted molar refractivity (Wildman–Crippen MR) is 231 cm³/mol. The van der Waals surface area contributed by atoms with E-state index in [1.54, 1.807) is 51.1 Å². The summed E-state index contributed by atoms with van der Waals surface area (Å²) in [6.07, 6.45) is 0.682. The van der Waals surface area contributed by atoms with E-state index in [9.17, 15) is 0 Å². The molecule has 0 aromatic heterocycles. The normalized spacial score (nSPS) is 26.3. The highest BCUT2D eigenvalue weighted by Crippen LogP contribution is 2.80. The second kappa shape index (κ2) is 16.6. The summed E-state index contributed by atoms with van der Waals surface area (Å²) in [5, 5.41) is 0. The monoisotopic (exact) mass is 834 g/mol. The van der Waals surface area contributed by atoms with E-state index < -0.39 is 74.6 Å². The molecule has 1 aliphatic rings. The minimum atomic E-state index is -3.17. The van der Waals surface area contributed by atoms with Crippen molar-refractivity contribution >= 4 is 0 Å². The number of rotatable bonds is 12. The van der Waals surface area contributed by atoms with Gasteiger partial charge in [0.25, 0.3) is 0 Å². The molecule has 7 heteroatoms. The van der Waals surface area contributed by atoms with Crippen LogP contribution in [0.5, 0.6) is 0 Å². The van der Waals surface area contributed by atoms with Gasteiger partial charge < -0.3 is 0 Å². The first-order chi connectivity index (χ1) is 29.3. The van der Waals surface area contributed by atoms with Crippen LogP contribution in [0.3, 0.4) is 0 Å². The largest absolute Gasteiger partial charge is 0.242 e. The molecule has 0 N–H and O–H groups in total. The van der Waals surface area contributed by atoms with Crippen LogP contribution < -0.4 is 0 Å². The Balaban J connectivity index is 1.97. The van der Waals surface area contributed by atoms with Crippen molar-refractivity contribution < 1.29 is 30.7 Å². The van der Waals surface area contributed by atoms with Crippen molar-refractivity contribution in [3.8, 4) is 0 Å². The zero-order valence-corrected chi connectivity index (χ0v) is 35.7. The molecule has 0 radical (unpaired) electrons. The van der Waals surface area contributed by atoms with Crippen molar-refractivity contribution in [3.05, 3.63) is 213 Å². The fourth-order valence-corrected chi connectivity index (χ4v) is 12.3. The number of alkyl halides is 2. The molecule has 0 heterocycles. The lowest BCUT2D eigenvalue weighted by Gasteiger charge is -2.74. The highest BCUT2D eigenvalue weighted by molar-refractivity contribution is 5.65. The Bertz CT molecular complexity index is 2490. The lowest BCUT2D eigenvalue weighted by atomic mass is 9.29. The molecule has 1 aliphatic carbocycles. The zero-order valence-electron chi connectivity index (χ0n) is 35.7. The van der Waals surface area contributed by atoms with Crippen LogP contribution >= 0.6 is 0 Å². The van der Waals surface area contributed by atoms with Gasteiger partial charge in [0.2, 0.25) is 0 Å². The molecule has 6 unspecified atom stereocenters. The van der Waals surface area contributed by atoms with Crippen LogP contribution in [0.25, 0.3) is 0 Å². The van der Waals surface area contributed by atoms with E-state index in [0.29, 0.717) is 19.3 Å². The van der Waals surface area contributed by atoms with Gasteiger partial charge in [-0.2, -0.15) is 0 Å². The van der Waals surface area contributed by atoms with E-state index in [1.165, 1.54) is 72.8 Å². The second-order valence-corrected chi connectivity index (χ2v) is 16.5. The van der Waals surface area contributed by atoms with Gasteiger partial charge in [-0.15, -0.1) is 0 Å². The van der Waals surface area contributed by atoms with Crippen molar-refractivity contribution in [1.29, 1.82) is 0 Å². The number of hydrogen-bond donors (Lipinski definition) is 0. The van der Waals surface area contributed by atoms with Gasteiger partial charge in [-0.05, 0) is 119 Å². The van der Waals surface area contributed by atoms with Crippen LogP contribution in [0.1, 0.15) is 117 Å². The van der Waals surface area contributed by atoms with Crippen molar-refractivity contribution in [2.75, 3.05) is 0 Å². The van der Waals surface area contributed by atoms with Crippen molar-refractivity contribution in [2.24, 2.45) is 0 Å². The Morgan fingerprint density at radius 3 is 1.62 bits per heavy atom. The fraction of sp³-hybridized carbons (Fsp3) is 0.333. The van der Waals surface area contributed by atoms with Gasteiger partial charge >= 0.3 is 0 Å². The maximum atomic E-state index is 22.1. The second-order valence-electron chi connectivity index (χ2n) is 16.5. The minimum Gasteiger partial charge on any atom is -0.242 e. The molecule has 1 saturated carbocycles. The first-order valence-electron chi connectivity index (χ1n) is 21.6. The summed E-state index contributed by atoms with van der Waals surface area (Å²) in [6, 6.07) is 31.4. The molecule has 7 rings (SSSR count). The number of hydrogen-bond acceptors (Lipinski definition) is 0. The van der Waals surface area contributed by atoms with Gasteiger partial charge in [-0.25, -0.2) is 30.7 Å². The molecule has 6 atom stereocenters. The lowest BCUT2D eigenvalue weighted by molar-refractivity contribution is -0.206. The molecule has 0 saturated heterocycles. The molecule has 0 aliphatic heterocycles. The molecule has 318 valence electrons. The Morgan fingerprint density at radius 1 is 0.475 bits per heavy atom. The van der Waals surface area contributed by atoms with Gasteiger partial charge in [0, 0.05) is 16.9 Å². The van der Waals surface area contributed by atoms with Crippen LogP contribution in [0.15, 0.2) is 133 Å². The molecule has 0 nitrogen and oxygen atoms in total. The van der Waals surface area contributed by atoms with E-state index in [2.05, 4.69) is 0 Å². The van der Waals surface area contributed by atoms with Crippen molar-refractivity contribution in [2.45, 2.75) is 114 Å². The number of halogens is 7. The Kier molecular flexibility index (Phi) is 11.9. The Morgan fingerprint density at radius 2 is 1.07 bits per heavy atom. The van der Waals surface area contributed by atoms with Crippen molar-refractivity contribution in [3.63, 3.8) is 0 Å². The molecule has 6 aromatic carbocycles. The van der Waals surface area contributed by atoms with Gasteiger partial charge in [-0.3, -0.25) is 0 Å². The smallest absolute Gasteiger partial charge is 0.163 e. The number of benzene rings is 6. The van der Waals surface area contributed by atoms with Gasteiger partial charge in [0.15, 0.2) is 17.3 Å². The lowest BCUT2D eigenvalue weighted by Crippen LogP contribution is -2.80. The first kappa shape index (κ1) is 43.9. The summed E-state index contributed by atoms with van der Waals surface area (Å²) in [5.41, 5.74) is -10.8. The Labute approximate surface area is 355 Å². The zero-order chi connectivity index (χ0) is 44.0. The molecular formula is C54H53F7. The summed E-state index contributed by atoms with van der Waals surface area (Å²) in [7, 11) is 0. The summed E-state index contributed by atoms with van der Waals surface area (Å²) in [4.78, 5) is 0. The topological polar surface area (TPSA) is 0 Å². The molecular weight excluding hydrogens is 782 g/mol. The average molecular weight is 835 g/mol. The quantitative estimate of drug-likeness (QED) is 0.108. The average Bonchev–Trinajstić information content (AvgIpc) is 3.28. The van der Waals surface area contributed by atoms with Crippen molar-refractivity contribution in [1.82, 2.24) is 0 Å². The summed E-state index contributed by atoms with van der Waals surface area (Å²) in [5.74, 6) is -6.59. The maximum Gasteiger partial charge on any atom is 0.163 e. The molecule has 0 bridgehead atoms. The third-order valence-electron chi connectivity index (χ3n) is 14.5. The van der Waals surface area contributed by atoms with E-state index in [0.717, 1.165) is 34.9 Å². The summed E-state index contributed by atoms with van der Waals surface area (Å²) in [6.45, 7) is 10.9. The van der Waals surface area contributed by atoms with Gasteiger partial charge in [0.1, 0.15) is 23.1 Å². The van der Waals surface area contributed by atoms with Crippen LogP contribution in [0.2, 0.25) is 0 Å². The summed E-state index contributed by atoms with van der Waals surface area (Å²) >= 11 is 0. The van der Waals surface area contributed by atoms with Gasteiger partial charge in [0.05, 0.1) is 10.8 Å². The SMILES string of the molecule is CCc1cc(C2(c3cccc(F)c3F)C(c3ccccc3F)C(CC)(c3cccc(F)c3)C(F)(CC)C(CC)(c3ccc(F)cc3)C2(F)c2ccccc2)cc(CC)c1CC. The van der Waals surface area contributed by atoms with Crippen LogP contribution in [-0.4, -0.2) is 5.67 Å². The first-order valence-corrected chi connectivity index (χ1v) is 21.6. The molecule has 61 heavy (non-hydrogen) atoms. The predicted octanol–water partition coefficient (Wildman–Crippen LogP) is 14.8. The number of aryl methyl sites for hydroxylation is 2. The van der Waals surface area contributed by atoms with E-state index >= 15 is 30.7 Å². The molecule has 1 fully saturated rings. The van der Waals surface area contributed by atoms with Crippen LogP contribution in [-0.2, 0) is 41.2 Å². The van der Waals surface area contributed by atoms with Crippen LogP contribution in [0, 0.1) is 29.1 Å². The third kappa shape index (κ3) is 5.92. The molecule has 0 spiro atoms. The standard InChI is InChI=1S/C54H53F7/c1-7-35-32-40(33-36(8-2)43(35)9-3)53(45-25-19-27-47(58)48(45)59)49(44-24-16-17-26-46(44)57)50(10-4,39-22-18-23-42(56)34-39)52(60,12-6)51(11-5,37-28-30-41(55)31-29-37)54(53,61)38-20-14-13-15-21-38/h13-34,49H,7-12H2,1-6H3. The molecule has 6 aromatic rings. The van der Waals surface area contributed by atoms with Crippen LogP contribution in [0.4, 0.5) is 30.7 Å². The third-order valence-corrected chi connectivity index (χ3v) is 14.5. The fourth-order valence-electron chi connectivity index (χ4n) is 12.3. The van der Waals surface area contributed by atoms with E-state index in [4.69, 9.17) is 0 Å². The van der Waals surface area contributed by atoms with E-state index in [-0.39, 0.29) is 40.7 Å². The highest BCUT2D eigenvalue weighted by Gasteiger charge is 2.85. The maximum absolute atomic E-state index is 22.1. The summed E-state index contributed by atoms with van der Waals surface area (Å²) < 4.78 is 126. The highest BCUT2D eigenvalue weighted by atomic mass is 19.2. The Hall–Kier alpha value is -5.17.